The lowest BCUT2D eigenvalue weighted by molar-refractivity contribution is 0.0540. The number of likely N-dealkylation sites (N-methyl/N-ethyl adjacent to an activating group) is 1. The third kappa shape index (κ3) is 1.61. The molecule has 2 rings (SSSR count). The fourth-order valence-corrected chi connectivity index (χ4v) is 2.24. The fourth-order valence-electron chi connectivity index (χ4n) is 2.24. The molecule has 0 saturated carbocycles. The first kappa shape index (κ1) is 10.4. The van der Waals surface area contributed by atoms with E-state index < -0.39 is 5.60 Å². The predicted octanol–water partition coefficient (Wildman–Crippen LogP) is 2.13. The highest BCUT2D eigenvalue weighted by atomic mass is 19.1. The number of hydrogen-bond acceptors (Lipinski definition) is 2. The van der Waals surface area contributed by atoms with Crippen LogP contribution in [0.15, 0.2) is 18.2 Å². The van der Waals surface area contributed by atoms with Crippen molar-refractivity contribution >= 4 is 5.69 Å². The molecule has 1 unspecified atom stereocenters. The number of rotatable bonds is 1. The van der Waals surface area contributed by atoms with Crippen molar-refractivity contribution in [2.45, 2.75) is 25.4 Å². The third-order valence-electron chi connectivity index (χ3n) is 3.10. The van der Waals surface area contributed by atoms with Crippen LogP contribution in [0.4, 0.5) is 10.1 Å². The van der Waals surface area contributed by atoms with Gasteiger partial charge in [-0.1, -0.05) is 6.07 Å². The van der Waals surface area contributed by atoms with Crippen molar-refractivity contribution in [1.29, 1.82) is 0 Å². The zero-order valence-electron chi connectivity index (χ0n) is 9.29. The smallest absolute Gasteiger partial charge is 0.128 e. The van der Waals surface area contributed by atoms with E-state index in [0.717, 1.165) is 5.69 Å². The Morgan fingerprint density at radius 1 is 1.47 bits per heavy atom. The molecule has 0 aromatic heterocycles. The summed E-state index contributed by atoms with van der Waals surface area (Å²) in [6, 6.07) is 5.05. The average Bonchev–Trinajstić information content (AvgIpc) is 2.45. The summed E-state index contributed by atoms with van der Waals surface area (Å²) in [7, 11) is 1.92. The SMILES string of the molecule is CN1CC(C(C)(C)O)c2c(F)cccc21. The average molecular weight is 209 g/mol. The van der Waals surface area contributed by atoms with Gasteiger partial charge in [-0.15, -0.1) is 0 Å². The van der Waals surface area contributed by atoms with Gasteiger partial charge in [0.1, 0.15) is 5.82 Å². The lowest BCUT2D eigenvalue weighted by atomic mass is 9.86. The highest BCUT2D eigenvalue weighted by molar-refractivity contribution is 5.60. The van der Waals surface area contributed by atoms with Gasteiger partial charge in [-0.25, -0.2) is 4.39 Å². The van der Waals surface area contributed by atoms with E-state index in [1.165, 1.54) is 6.07 Å². The molecular weight excluding hydrogens is 193 g/mol. The van der Waals surface area contributed by atoms with E-state index >= 15 is 0 Å². The van der Waals surface area contributed by atoms with Crippen LogP contribution in [0, 0.1) is 5.82 Å². The van der Waals surface area contributed by atoms with Gasteiger partial charge in [-0.2, -0.15) is 0 Å². The molecule has 1 aliphatic heterocycles. The van der Waals surface area contributed by atoms with E-state index in [4.69, 9.17) is 0 Å². The summed E-state index contributed by atoms with van der Waals surface area (Å²) < 4.78 is 13.7. The molecule has 0 spiro atoms. The second kappa shape index (κ2) is 3.20. The Morgan fingerprint density at radius 3 is 2.73 bits per heavy atom. The predicted molar refractivity (Wildman–Crippen MR) is 58.7 cm³/mol. The Kier molecular flexibility index (Phi) is 2.23. The van der Waals surface area contributed by atoms with Crippen LogP contribution < -0.4 is 4.90 Å². The second-order valence-corrected chi connectivity index (χ2v) is 4.76. The number of nitrogens with zero attached hydrogens (tertiary/aromatic N) is 1. The molecule has 1 aromatic rings. The van der Waals surface area contributed by atoms with Gasteiger partial charge >= 0.3 is 0 Å². The summed E-state index contributed by atoms with van der Waals surface area (Å²) in [5, 5.41) is 10.0. The highest BCUT2D eigenvalue weighted by Gasteiger charge is 2.38. The molecule has 0 aliphatic carbocycles. The summed E-state index contributed by atoms with van der Waals surface area (Å²) in [6.07, 6.45) is 0. The van der Waals surface area contributed by atoms with Crippen molar-refractivity contribution in [3.05, 3.63) is 29.6 Å². The van der Waals surface area contributed by atoms with Crippen LogP contribution in [0.2, 0.25) is 0 Å². The van der Waals surface area contributed by atoms with Crippen LogP contribution in [0.25, 0.3) is 0 Å². The Balaban J connectivity index is 2.54. The van der Waals surface area contributed by atoms with Crippen LogP contribution in [-0.2, 0) is 0 Å². The summed E-state index contributed by atoms with van der Waals surface area (Å²) >= 11 is 0. The van der Waals surface area contributed by atoms with Gasteiger partial charge in [0.15, 0.2) is 0 Å². The molecule has 0 radical (unpaired) electrons. The second-order valence-electron chi connectivity index (χ2n) is 4.76. The number of hydrogen-bond donors (Lipinski definition) is 1. The van der Waals surface area contributed by atoms with Crippen molar-refractivity contribution in [3.63, 3.8) is 0 Å². The highest BCUT2D eigenvalue weighted by Crippen LogP contribution is 2.42. The standard InChI is InChI=1S/C12H16FNO/c1-12(2,15)8-7-14(3)10-6-4-5-9(13)11(8)10/h4-6,8,15H,7H2,1-3H3. The van der Waals surface area contributed by atoms with Crippen molar-refractivity contribution < 1.29 is 9.50 Å². The normalized spacial score (nSPS) is 20.6. The number of anilines is 1. The van der Waals surface area contributed by atoms with Gasteiger partial charge in [-0.3, -0.25) is 0 Å². The third-order valence-corrected chi connectivity index (χ3v) is 3.10. The minimum atomic E-state index is -0.887. The summed E-state index contributed by atoms with van der Waals surface area (Å²) in [5.41, 5.74) is 0.649. The maximum absolute atomic E-state index is 13.7. The first-order chi connectivity index (χ1) is 6.91. The van der Waals surface area contributed by atoms with E-state index in [0.29, 0.717) is 12.1 Å². The number of aliphatic hydroxyl groups is 1. The van der Waals surface area contributed by atoms with Crippen molar-refractivity contribution in [2.75, 3.05) is 18.5 Å². The lowest BCUT2D eigenvalue weighted by Crippen LogP contribution is -2.32. The van der Waals surface area contributed by atoms with Gasteiger partial charge < -0.3 is 10.0 Å². The molecule has 1 atom stereocenters. The van der Waals surface area contributed by atoms with E-state index in [-0.39, 0.29) is 11.7 Å². The molecule has 1 aliphatic rings. The van der Waals surface area contributed by atoms with Gasteiger partial charge in [0, 0.05) is 30.8 Å². The van der Waals surface area contributed by atoms with Crippen molar-refractivity contribution in [1.82, 2.24) is 0 Å². The Labute approximate surface area is 89.3 Å². The van der Waals surface area contributed by atoms with Crippen molar-refractivity contribution in [3.8, 4) is 0 Å². The monoisotopic (exact) mass is 209 g/mol. The summed E-state index contributed by atoms with van der Waals surface area (Å²) in [6.45, 7) is 4.12. The van der Waals surface area contributed by atoms with Crippen molar-refractivity contribution in [2.24, 2.45) is 0 Å². The lowest BCUT2D eigenvalue weighted by Gasteiger charge is -2.26. The summed E-state index contributed by atoms with van der Waals surface area (Å²) in [4.78, 5) is 1.99. The quantitative estimate of drug-likeness (QED) is 0.766. The van der Waals surface area contributed by atoms with E-state index in [1.54, 1.807) is 19.9 Å². The number of benzene rings is 1. The van der Waals surface area contributed by atoms with E-state index in [1.807, 2.05) is 18.0 Å². The molecule has 0 bridgehead atoms. The molecule has 0 amide bonds. The van der Waals surface area contributed by atoms with Gasteiger partial charge in [0.25, 0.3) is 0 Å². The molecule has 2 nitrogen and oxygen atoms in total. The Hall–Kier alpha value is -1.09. The van der Waals surface area contributed by atoms with E-state index in [2.05, 4.69) is 0 Å². The summed E-state index contributed by atoms with van der Waals surface area (Å²) in [5.74, 6) is -0.373. The van der Waals surface area contributed by atoms with Gasteiger partial charge in [0.2, 0.25) is 0 Å². The van der Waals surface area contributed by atoms with Crippen LogP contribution >= 0.6 is 0 Å². The largest absolute Gasteiger partial charge is 0.390 e. The fraction of sp³-hybridized carbons (Fsp3) is 0.500. The van der Waals surface area contributed by atoms with E-state index in [9.17, 15) is 9.50 Å². The minimum Gasteiger partial charge on any atom is -0.390 e. The molecule has 3 heteroatoms. The first-order valence-corrected chi connectivity index (χ1v) is 5.13. The maximum atomic E-state index is 13.7. The van der Waals surface area contributed by atoms with Crippen LogP contribution in [-0.4, -0.2) is 24.3 Å². The molecule has 1 N–H and O–H groups in total. The number of halogens is 1. The Morgan fingerprint density at radius 2 is 2.13 bits per heavy atom. The maximum Gasteiger partial charge on any atom is 0.128 e. The van der Waals surface area contributed by atoms with Crippen LogP contribution in [0.1, 0.15) is 25.3 Å². The molecule has 0 fully saturated rings. The first-order valence-electron chi connectivity index (χ1n) is 5.13. The molecule has 1 aromatic carbocycles. The van der Waals surface area contributed by atoms with Crippen LogP contribution in [0.3, 0.4) is 0 Å². The zero-order valence-corrected chi connectivity index (χ0v) is 9.29. The zero-order chi connectivity index (χ0) is 11.2. The topological polar surface area (TPSA) is 23.5 Å². The van der Waals surface area contributed by atoms with Gasteiger partial charge in [-0.05, 0) is 26.0 Å². The molecule has 82 valence electrons. The van der Waals surface area contributed by atoms with Gasteiger partial charge in [0.05, 0.1) is 5.60 Å². The minimum absolute atomic E-state index is 0.154. The molecular formula is C12H16FNO. The van der Waals surface area contributed by atoms with Crippen LogP contribution in [0.5, 0.6) is 0 Å². The Bertz CT molecular complexity index is 384. The number of fused-ring (bicyclic) bond motifs is 1. The molecule has 0 saturated heterocycles. The molecule has 15 heavy (non-hydrogen) atoms. The molecule has 1 heterocycles.